The lowest BCUT2D eigenvalue weighted by Crippen LogP contribution is -2.48. The molecule has 0 aromatic rings. The van der Waals surface area contributed by atoms with Gasteiger partial charge in [-0.05, 0) is 41.2 Å². The summed E-state index contributed by atoms with van der Waals surface area (Å²) in [5.74, 6) is 0. The summed E-state index contributed by atoms with van der Waals surface area (Å²) in [6.45, 7) is 23.7. The Bertz CT molecular complexity index is 497. The van der Waals surface area contributed by atoms with Crippen LogP contribution in [0.2, 0.25) is 0 Å². The minimum atomic E-state index is 0.161. The first-order valence-electron chi connectivity index (χ1n) is 13.1. The lowest BCUT2D eigenvalue weighted by molar-refractivity contribution is 0.0555. The second-order valence-corrected chi connectivity index (χ2v) is 10.8. The zero-order chi connectivity index (χ0) is 24.1. The minimum absolute atomic E-state index is 0.161. The van der Waals surface area contributed by atoms with E-state index in [-0.39, 0.29) is 5.54 Å². The molecule has 196 valence electrons. The van der Waals surface area contributed by atoms with Gasteiger partial charge in [0, 0.05) is 90.2 Å². The molecule has 2 aliphatic rings. The van der Waals surface area contributed by atoms with E-state index in [4.69, 9.17) is 14.2 Å². The van der Waals surface area contributed by atoms with Crippen molar-refractivity contribution in [3.8, 4) is 0 Å². The number of nitrogens with one attached hydrogen (secondary N) is 1. The molecule has 0 aromatic carbocycles. The lowest BCUT2D eigenvalue weighted by Gasteiger charge is -2.34. The predicted octanol–water partition coefficient (Wildman–Crippen LogP) is 1.07. The van der Waals surface area contributed by atoms with Gasteiger partial charge in [-0.15, -0.1) is 0 Å². The molecule has 2 atom stereocenters. The van der Waals surface area contributed by atoms with Crippen LogP contribution in [0.4, 0.5) is 0 Å². The molecule has 0 amide bonds. The van der Waals surface area contributed by atoms with Crippen LogP contribution < -0.4 is 5.32 Å². The van der Waals surface area contributed by atoms with E-state index in [2.05, 4.69) is 59.7 Å². The number of likely N-dealkylation sites (N-methyl/N-ethyl adjacent to an activating group) is 1. The van der Waals surface area contributed by atoms with Crippen LogP contribution in [-0.4, -0.2) is 150 Å². The van der Waals surface area contributed by atoms with Gasteiger partial charge < -0.3 is 19.5 Å². The number of hydrogen-bond acceptors (Lipinski definition) is 8. The number of likely N-dealkylation sites (tertiary alicyclic amines) is 1. The molecule has 33 heavy (non-hydrogen) atoms. The minimum Gasteiger partial charge on any atom is -0.383 e. The van der Waals surface area contributed by atoms with E-state index in [1.807, 2.05) is 0 Å². The van der Waals surface area contributed by atoms with E-state index in [1.165, 1.54) is 6.42 Å². The molecule has 0 bridgehead atoms. The third kappa shape index (κ3) is 12.3. The molecule has 8 nitrogen and oxygen atoms in total. The van der Waals surface area contributed by atoms with Crippen LogP contribution in [0.25, 0.3) is 0 Å². The molecular formula is C25H53N5O3. The Labute approximate surface area is 203 Å². The van der Waals surface area contributed by atoms with Gasteiger partial charge in [-0.25, -0.2) is 0 Å². The Balaban J connectivity index is 1.48. The zero-order valence-corrected chi connectivity index (χ0v) is 22.5. The largest absolute Gasteiger partial charge is 0.383 e. The van der Waals surface area contributed by atoms with Crippen molar-refractivity contribution in [3.05, 3.63) is 0 Å². The van der Waals surface area contributed by atoms with Crippen molar-refractivity contribution in [2.75, 3.05) is 113 Å². The fourth-order valence-corrected chi connectivity index (χ4v) is 4.62. The topological polar surface area (TPSA) is 52.7 Å². The number of piperazine rings is 1. The van der Waals surface area contributed by atoms with Crippen LogP contribution in [0.5, 0.6) is 0 Å². The van der Waals surface area contributed by atoms with E-state index >= 15 is 0 Å². The molecule has 0 unspecified atom stereocenters. The van der Waals surface area contributed by atoms with Crippen molar-refractivity contribution < 1.29 is 14.2 Å². The molecule has 8 heteroatoms. The zero-order valence-electron chi connectivity index (χ0n) is 22.5. The monoisotopic (exact) mass is 471 g/mol. The van der Waals surface area contributed by atoms with Crippen molar-refractivity contribution in [1.29, 1.82) is 0 Å². The van der Waals surface area contributed by atoms with Crippen molar-refractivity contribution in [2.45, 2.75) is 51.7 Å². The number of hydrogen-bond donors (Lipinski definition) is 1. The average molecular weight is 472 g/mol. The van der Waals surface area contributed by atoms with Gasteiger partial charge >= 0.3 is 0 Å². The molecular weight excluding hydrogens is 418 g/mol. The number of ether oxygens (including phenoxy) is 3. The molecule has 2 heterocycles. The van der Waals surface area contributed by atoms with Crippen LogP contribution in [0, 0.1) is 0 Å². The molecule has 2 saturated heterocycles. The molecule has 1 N–H and O–H groups in total. The average Bonchev–Trinajstić information content (AvgIpc) is 3.15. The predicted molar refractivity (Wildman–Crippen MR) is 136 cm³/mol. The second-order valence-electron chi connectivity index (χ2n) is 10.8. The Hall–Kier alpha value is -0.320. The molecule has 0 radical (unpaired) electrons. The Morgan fingerprint density at radius 3 is 2.12 bits per heavy atom. The second kappa shape index (κ2) is 15.6. The maximum atomic E-state index is 5.98. The number of nitrogens with zero attached hydrogens (tertiary/aromatic N) is 4. The molecule has 2 aliphatic heterocycles. The van der Waals surface area contributed by atoms with Gasteiger partial charge in [-0.1, -0.05) is 0 Å². The molecule has 0 saturated carbocycles. The van der Waals surface area contributed by atoms with Gasteiger partial charge in [0.2, 0.25) is 0 Å². The van der Waals surface area contributed by atoms with Crippen LogP contribution >= 0.6 is 0 Å². The van der Waals surface area contributed by atoms with Crippen LogP contribution in [0.15, 0.2) is 0 Å². The van der Waals surface area contributed by atoms with Crippen molar-refractivity contribution >= 4 is 0 Å². The first-order valence-corrected chi connectivity index (χ1v) is 13.1. The maximum Gasteiger partial charge on any atom is 0.0594 e. The highest BCUT2D eigenvalue weighted by Crippen LogP contribution is 2.20. The van der Waals surface area contributed by atoms with Crippen LogP contribution in [0.1, 0.15) is 34.1 Å². The maximum absolute atomic E-state index is 5.98. The fourth-order valence-electron chi connectivity index (χ4n) is 4.62. The normalized spacial score (nSPS) is 23.7. The molecule has 0 spiro atoms. The standard InChI is InChI=1S/C25H53N5O3/c1-23-21-24(22-30(23)15-20-32-16-7-26-25(2,3)4)27(5)12-18-33-19-14-29-10-8-28(9-11-29)13-17-31-6/h23-24,26H,7-22H2,1-6H3/t23-,24+/m1/s1. The fraction of sp³-hybridized carbons (Fsp3) is 1.00. The summed E-state index contributed by atoms with van der Waals surface area (Å²) in [5, 5.41) is 3.47. The Kier molecular flexibility index (Phi) is 13.7. The summed E-state index contributed by atoms with van der Waals surface area (Å²) >= 11 is 0. The van der Waals surface area contributed by atoms with E-state index in [9.17, 15) is 0 Å². The Morgan fingerprint density at radius 1 is 0.879 bits per heavy atom. The van der Waals surface area contributed by atoms with Gasteiger partial charge in [0.05, 0.1) is 33.0 Å². The smallest absolute Gasteiger partial charge is 0.0594 e. The van der Waals surface area contributed by atoms with E-state index in [0.717, 1.165) is 98.5 Å². The third-order valence-corrected chi connectivity index (χ3v) is 6.95. The number of rotatable bonds is 16. The third-order valence-electron chi connectivity index (χ3n) is 6.95. The first-order chi connectivity index (χ1) is 15.8. The quantitative estimate of drug-likeness (QED) is 0.336. The van der Waals surface area contributed by atoms with E-state index < -0.39 is 0 Å². The summed E-state index contributed by atoms with van der Waals surface area (Å²) in [7, 11) is 4.02. The number of methoxy groups -OCH3 is 1. The van der Waals surface area contributed by atoms with Gasteiger partial charge in [-0.3, -0.25) is 19.6 Å². The van der Waals surface area contributed by atoms with Gasteiger partial charge in [0.25, 0.3) is 0 Å². The van der Waals surface area contributed by atoms with Crippen LogP contribution in [-0.2, 0) is 14.2 Å². The van der Waals surface area contributed by atoms with E-state index in [0.29, 0.717) is 12.1 Å². The highest BCUT2D eigenvalue weighted by atomic mass is 16.5. The van der Waals surface area contributed by atoms with Crippen molar-refractivity contribution in [1.82, 2.24) is 24.9 Å². The summed E-state index contributed by atoms with van der Waals surface area (Å²) in [6, 6.07) is 1.24. The highest BCUT2D eigenvalue weighted by Gasteiger charge is 2.30. The van der Waals surface area contributed by atoms with E-state index in [1.54, 1.807) is 7.11 Å². The summed E-state index contributed by atoms with van der Waals surface area (Å²) < 4.78 is 17.0. The molecule has 0 aliphatic carbocycles. The Morgan fingerprint density at radius 2 is 1.48 bits per heavy atom. The van der Waals surface area contributed by atoms with Gasteiger partial charge in [0.15, 0.2) is 0 Å². The van der Waals surface area contributed by atoms with Gasteiger partial charge in [-0.2, -0.15) is 0 Å². The van der Waals surface area contributed by atoms with Crippen LogP contribution in [0.3, 0.4) is 0 Å². The molecule has 2 rings (SSSR count). The van der Waals surface area contributed by atoms with Crippen molar-refractivity contribution in [3.63, 3.8) is 0 Å². The summed E-state index contributed by atoms with van der Waals surface area (Å²) in [5.41, 5.74) is 0.161. The first kappa shape index (κ1) is 28.9. The summed E-state index contributed by atoms with van der Waals surface area (Å²) in [6.07, 6.45) is 1.23. The lowest BCUT2D eigenvalue weighted by atomic mass is 10.1. The highest BCUT2D eigenvalue weighted by molar-refractivity contribution is 4.87. The van der Waals surface area contributed by atoms with Crippen molar-refractivity contribution in [2.24, 2.45) is 0 Å². The summed E-state index contributed by atoms with van der Waals surface area (Å²) in [4.78, 5) is 10.1. The van der Waals surface area contributed by atoms with Gasteiger partial charge in [0.1, 0.15) is 0 Å². The SMILES string of the molecule is COCCN1CCN(CCOCCN(C)[C@H]2C[C@@H](C)N(CCOCCNC(C)(C)C)C2)CC1. The molecule has 2 fully saturated rings. The molecule has 0 aromatic heterocycles.